The van der Waals surface area contributed by atoms with Crippen LogP contribution in [0.3, 0.4) is 0 Å². The smallest absolute Gasteiger partial charge is 0.0562 e. The second-order valence-corrected chi connectivity index (χ2v) is 15.6. The quantitative estimate of drug-likeness (QED) is 0.158. The summed E-state index contributed by atoms with van der Waals surface area (Å²) in [6.07, 6.45) is 0. The summed E-state index contributed by atoms with van der Waals surface area (Å²) in [5.41, 5.74) is 14.0. The molecule has 9 aromatic carbocycles. The molecule has 2 nitrogen and oxygen atoms in total. The highest BCUT2D eigenvalue weighted by Gasteiger charge is 2.22. The fourth-order valence-corrected chi connectivity index (χ4v) is 9.64. The second kappa shape index (κ2) is 13.8. The van der Waals surface area contributed by atoms with Gasteiger partial charge in [0.2, 0.25) is 0 Å². The topological polar surface area (TPSA) is 8.17 Å². The largest absolute Gasteiger partial charge is 0.310 e. The van der Waals surface area contributed by atoms with Crippen LogP contribution < -0.4 is 4.90 Å². The molecule has 0 amide bonds. The molecule has 0 radical (unpaired) electrons. The standard InChI is InChI=1S/C54H36N2S/c1-3-15-37(16-4-1)38-27-29-40(30-28-38)44-20-8-12-24-50(44)56-51-25-13-9-21-45(51)46-33-31-42(36-52(46)56)55(49-23-11-7-19-43(49)39-17-5-2-6-18-39)41-32-34-54-48(35-41)47-22-10-14-26-53(47)57-54/h1-36H. The monoisotopic (exact) mass is 744 g/mol. The highest BCUT2D eigenvalue weighted by Crippen LogP contribution is 2.46. The number of fused-ring (bicyclic) bond motifs is 6. The summed E-state index contributed by atoms with van der Waals surface area (Å²) in [4.78, 5) is 2.45. The molecule has 0 N–H and O–H groups in total. The van der Waals surface area contributed by atoms with E-state index >= 15 is 0 Å². The van der Waals surface area contributed by atoms with E-state index in [1.165, 1.54) is 69.8 Å². The maximum atomic E-state index is 2.46. The van der Waals surface area contributed by atoms with Gasteiger partial charge in [0.05, 0.1) is 22.4 Å². The molecule has 0 aliphatic carbocycles. The first kappa shape index (κ1) is 33.2. The average Bonchev–Trinajstić information content (AvgIpc) is 3.82. The number of aromatic nitrogens is 1. The minimum atomic E-state index is 1.10. The van der Waals surface area contributed by atoms with Gasteiger partial charge >= 0.3 is 0 Å². The van der Waals surface area contributed by atoms with Crippen LogP contribution in [0, 0.1) is 0 Å². The number of benzene rings is 9. The summed E-state index contributed by atoms with van der Waals surface area (Å²) in [6.45, 7) is 0. The molecule has 3 heteroatoms. The fourth-order valence-electron chi connectivity index (χ4n) is 8.55. The molecule has 268 valence electrons. The van der Waals surface area contributed by atoms with Gasteiger partial charge in [-0.2, -0.15) is 0 Å². The van der Waals surface area contributed by atoms with E-state index in [2.05, 4.69) is 228 Å². The van der Waals surface area contributed by atoms with Crippen LogP contribution in [0.4, 0.5) is 17.1 Å². The molecule has 0 saturated heterocycles. The summed E-state index contributed by atoms with van der Waals surface area (Å²) in [5, 5.41) is 5.02. The molecule has 0 saturated carbocycles. The summed E-state index contributed by atoms with van der Waals surface area (Å²) >= 11 is 1.85. The Morgan fingerprint density at radius 1 is 0.333 bits per heavy atom. The lowest BCUT2D eigenvalue weighted by Crippen LogP contribution is -2.11. The van der Waals surface area contributed by atoms with Gasteiger partial charge in [0.1, 0.15) is 0 Å². The first-order valence-corrected chi connectivity index (χ1v) is 20.2. The summed E-state index contributed by atoms with van der Waals surface area (Å²) in [6, 6.07) is 79.5. The third-order valence-electron chi connectivity index (χ3n) is 11.2. The van der Waals surface area contributed by atoms with Crippen LogP contribution in [0.2, 0.25) is 0 Å². The molecule has 0 fully saturated rings. The van der Waals surface area contributed by atoms with Crippen molar-refractivity contribution in [1.82, 2.24) is 4.57 Å². The van der Waals surface area contributed by atoms with Crippen LogP contribution >= 0.6 is 11.3 Å². The van der Waals surface area contributed by atoms with Gasteiger partial charge in [-0.1, -0.05) is 164 Å². The zero-order valence-electron chi connectivity index (χ0n) is 31.1. The summed E-state index contributed by atoms with van der Waals surface area (Å²) in [5.74, 6) is 0. The number of hydrogen-bond donors (Lipinski definition) is 0. The van der Waals surface area contributed by atoms with E-state index in [9.17, 15) is 0 Å². The fraction of sp³-hybridized carbons (Fsp3) is 0. The molecular weight excluding hydrogens is 709 g/mol. The number of rotatable bonds is 7. The van der Waals surface area contributed by atoms with Crippen LogP contribution in [-0.2, 0) is 0 Å². The lowest BCUT2D eigenvalue weighted by molar-refractivity contribution is 1.18. The van der Waals surface area contributed by atoms with Gasteiger partial charge in [0.15, 0.2) is 0 Å². The Morgan fingerprint density at radius 2 is 0.877 bits per heavy atom. The van der Waals surface area contributed by atoms with Crippen LogP contribution in [0.1, 0.15) is 0 Å². The molecule has 11 rings (SSSR count). The minimum absolute atomic E-state index is 1.10. The molecule has 57 heavy (non-hydrogen) atoms. The van der Waals surface area contributed by atoms with E-state index in [4.69, 9.17) is 0 Å². The van der Waals surface area contributed by atoms with Crippen molar-refractivity contribution in [3.05, 3.63) is 218 Å². The van der Waals surface area contributed by atoms with E-state index in [-0.39, 0.29) is 0 Å². The van der Waals surface area contributed by atoms with Crippen LogP contribution in [-0.4, -0.2) is 4.57 Å². The molecule has 0 atom stereocenters. The number of para-hydroxylation sites is 3. The summed E-state index contributed by atoms with van der Waals surface area (Å²) < 4.78 is 5.06. The normalized spacial score (nSPS) is 11.5. The molecule has 0 bridgehead atoms. The van der Waals surface area contributed by atoms with Gasteiger partial charge < -0.3 is 9.47 Å². The average molecular weight is 745 g/mol. The van der Waals surface area contributed by atoms with E-state index in [0.717, 1.165) is 28.3 Å². The Labute approximate surface area is 335 Å². The third kappa shape index (κ3) is 5.71. The Hall–Kier alpha value is -7.20. The van der Waals surface area contributed by atoms with Crippen molar-refractivity contribution in [3.8, 4) is 39.1 Å². The van der Waals surface area contributed by atoms with E-state index in [0.29, 0.717) is 0 Å². The van der Waals surface area contributed by atoms with Crippen molar-refractivity contribution >= 4 is 70.4 Å². The number of thiophene rings is 1. The predicted octanol–water partition coefficient (Wildman–Crippen LogP) is 15.6. The molecule has 0 unspecified atom stereocenters. The molecule has 11 aromatic rings. The van der Waals surface area contributed by atoms with Crippen molar-refractivity contribution in [2.75, 3.05) is 4.90 Å². The molecule has 2 aromatic heterocycles. The Bertz CT molecular complexity index is 3230. The van der Waals surface area contributed by atoms with Crippen LogP contribution in [0.15, 0.2) is 218 Å². The molecule has 2 heterocycles. The van der Waals surface area contributed by atoms with E-state index in [1.807, 2.05) is 11.3 Å². The van der Waals surface area contributed by atoms with Gasteiger partial charge in [-0.15, -0.1) is 11.3 Å². The first-order chi connectivity index (χ1) is 28.3. The molecule has 0 aliphatic heterocycles. The van der Waals surface area contributed by atoms with Crippen molar-refractivity contribution in [3.63, 3.8) is 0 Å². The number of hydrogen-bond acceptors (Lipinski definition) is 2. The predicted molar refractivity (Wildman–Crippen MR) is 245 cm³/mol. The van der Waals surface area contributed by atoms with Gasteiger partial charge in [0, 0.05) is 53.4 Å². The Morgan fingerprint density at radius 3 is 1.70 bits per heavy atom. The zero-order valence-corrected chi connectivity index (χ0v) is 31.9. The SMILES string of the molecule is c1ccc(-c2ccc(-c3ccccc3-n3c4ccccc4c4ccc(N(c5ccc6sc7ccccc7c6c5)c5ccccc5-c5ccccc5)cc43)cc2)cc1. The Kier molecular flexibility index (Phi) is 8.04. The number of anilines is 3. The number of nitrogens with zero attached hydrogens (tertiary/aromatic N) is 2. The van der Waals surface area contributed by atoms with Crippen molar-refractivity contribution in [2.45, 2.75) is 0 Å². The lowest BCUT2D eigenvalue weighted by atomic mass is 9.99. The van der Waals surface area contributed by atoms with Crippen molar-refractivity contribution in [1.29, 1.82) is 0 Å². The maximum absolute atomic E-state index is 2.46. The van der Waals surface area contributed by atoms with Crippen molar-refractivity contribution in [2.24, 2.45) is 0 Å². The minimum Gasteiger partial charge on any atom is -0.310 e. The van der Waals surface area contributed by atoms with E-state index in [1.54, 1.807) is 0 Å². The van der Waals surface area contributed by atoms with Gasteiger partial charge in [-0.05, 0) is 76.9 Å². The molecule has 0 aliphatic rings. The molecular formula is C54H36N2S. The maximum Gasteiger partial charge on any atom is 0.0562 e. The summed E-state index contributed by atoms with van der Waals surface area (Å²) in [7, 11) is 0. The third-order valence-corrected chi connectivity index (χ3v) is 12.4. The van der Waals surface area contributed by atoms with Crippen LogP contribution in [0.5, 0.6) is 0 Å². The Balaban J connectivity index is 1.14. The first-order valence-electron chi connectivity index (χ1n) is 19.4. The van der Waals surface area contributed by atoms with Gasteiger partial charge in [0.25, 0.3) is 0 Å². The van der Waals surface area contributed by atoms with Gasteiger partial charge in [-0.25, -0.2) is 0 Å². The lowest BCUT2D eigenvalue weighted by Gasteiger charge is -2.28. The van der Waals surface area contributed by atoms with Crippen LogP contribution in [0.25, 0.3) is 81.0 Å². The highest BCUT2D eigenvalue weighted by atomic mass is 32.1. The van der Waals surface area contributed by atoms with E-state index < -0.39 is 0 Å². The zero-order chi connectivity index (χ0) is 37.7. The van der Waals surface area contributed by atoms with Gasteiger partial charge in [-0.3, -0.25) is 0 Å². The van der Waals surface area contributed by atoms with Crippen molar-refractivity contribution < 1.29 is 0 Å². The second-order valence-electron chi connectivity index (χ2n) is 14.5. The highest BCUT2D eigenvalue weighted by molar-refractivity contribution is 7.25. The molecule has 0 spiro atoms.